The van der Waals surface area contributed by atoms with Crippen LogP contribution < -0.4 is 5.32 Å². The van der Waals surface area contributed by atoms with Crippen LogP contribution in [0.5, 0.6) is 0 Å². The van der Waals surface area contributed by atoms with Gasteiger partial charge in [-0.2, -0.15) is 4.31 Å². The maximum absolute atomic E-state index is 13.4. The van der Waals surface area contributed by atoms with Crippen molar-refractivity contribution in [2.45, 2.75) is 76.8 Å². The quantitative estimate of drug-likeness (QED) is 0.669. The van der Waals surface area contributed by atoms with E-state index in [0.29, 0.717) is 0 Å². The van der Waals surface area contributed by atoms with E-state index < -0.39 is 10.0 Å². The van der Waals surface area contributed by atoms with Gasteiger partial charge in [-0.3, -0.25) is 4.79 Å². The van der Waals surface area contributed by atoms with Crippen molar-refractivity contribution in [1.82, 2.24) is 9.62 Å². The average molecular weight is 443 g/mol. The van der Waals surface area contributed by atoms with E-state index in [9.17, 15) is 13.2 Å². The molecule has 6 heteroatoms. The second-order valence-corrected chi connectivity index (χ2v) is 10.6. The first-order valence-corrected chi connectivity index (χ1v) is 12.6. The standard InChI is InChI=1S/C25H34N2O3S/c1-18-15-20(3)24(16-19(18)2)21(4)26-25(28)17-27(22-11-7-5-8-12-22)31(29,30)23-13-9-6-10-14-23/h6,9-10,13-16,21-22H,5,7-8,11-12,17H2,1-4H3,(H,26,28)/t21-/m0/s1. The third-order valence-corrected chi connectivity index (χ3v) is 8.27. The van der Waals surface area contributed by atoms with Crippen LogP contribution in [0, 0.1) is 20.8 Å². The largest absolute Gasteiger partial charge is 0.348 e. The molecule has 1 atom stereocenters. The minimum absolute atomic E-state index is 0.136. The van der Waals surface area contributed by atoms with Gasteiger partial charge in [0.05, 0.1) is 17.5 Å². The van der Waals surface area contributed by atoms with Gasteiger partial charge in [-0.25, -0.2) is 8.42 Å². The Morgan fingerprint density at radius 1 is 1.00 bits per heavy atom. The summed E-state index contributed by atoms with van der Waals surface area (Å²) in [6.45, 7) is 7.97. The molecule has 0 saturated heterocycles. The smallest absolute Gasteiger partial charge is 0.243 e. The number of sulfonamides is 1. The van der Waals surface area contributed by atoms with E-state index in [-0.39, 0.29) is 29.4 Å². The van der Waals surface area contributed by atoms with Gasteiger partial charge in [-0.05, 0) is 74.9 Å². The lowest BCUT2D eigenvalue weighted by atomic mass is 9.95. The number of carbonyl (C=O) groups is 1. The van der Waals surface area contributed by atoms with Gasteiger partial charge in [-0.15, -0.1) is 0 Å². The SMILES string of the molecule is Cc1cc(C)c([C@H](C)NC(=O)CN(C2CCCCC2)S(=O)(=O)c2ccccc2)cc1C. The van der Waals surface area contributed by atoms with Crippen molar-refractivity contribution in [3.05, 3.63) is 64.7 Å². The molecule has 168 valence electrons. The van der Waals surface area contributed by atoms with E-state index >= 15 is 0 Å². The molecule has 1 fully saturated rings. The van der Waals surface area contributed by atoms with Crippen LogP contribution >= 0.6 is 0 Å². The zero-order valence-electron chi connectivity index (χ0n) is 19.0. The topological polar surface area (TPSA) is 66.5 Å². The molecule has 0 unspecified atom stereocenters. The molecule has 0 radical (unpaired) electrons. The summed E-state index contributed by atoms with van der Waals surface area (Å²) in [6, 6.07) is 12.3. The molecule has 0 heterocycles. The Morgan fingerprint density at radius 3 is 2.26 bits per heavy atom. The summed E-state index contributed by atoms with van der Waals surface area (Å²) in [6.07, 6.45) is 4.69. The van der Waals surface area contributed by atoms with Crippen LogP contribution in [0.1, 0.15) is 67.3 Å². The average Bonchev–Trinajstić information content (AvgIpc) is 2.75. The Kier molecular flexibility index (Phi) is 7.55. The van der Waals surface area contributed by atoms with E-state index in [0.717, 1.165) is 43.2 Å². The first-order valence-electron chi connectivity index (χ1n) is 11.1. The Morgan fingerprint density at radius 2 is 1.61 bits per heavy atom. The molecule has 2 aromatic rings. The lowest BCUT2D eigenvalue weighted by Gasteiger charge is -2.33. The first-order chi connectivity index (χ1) is 14.7. The van der Waals surface area contributed by atoms with E-state index in [1.165, 1.54) is 15.4 Å². The van der Waals surface area contributed by atoms with Crippen LogP contribution in [-0.4, -0.2) is 31.2 Å². The second-order valence-electron chi connectivity index (χ2n) is 8.74. The van der Waals surface area contributed by atoms with Crippen molar-refractivity contribution in [3.63, 3.8) is 0 Å². The first kappa shape index (κ1) is 23.5. The van der Waals surface area contributed by atoms with E-state index in [2.05, 4.69) is 31.3 Å². The summed E-state index contributed by atoms with van der Waals surface area (Å²) in [4.78, 5) is 13.2. The molecule has 1 N–H and O–H groups in total. The third-order valence-electron chi connectivity index (χ3n) is 6.36. The van der Waals surface area contributed by atoms with Gasteiger partial charge in [0.15, 0.2) is 0 Å². The van der Waals surface area contributed by atoms with Crippen molar-refractivity contribution in [1.29, 1.82) is 0 Å². The molecule has 0 aliphatic heterocycles. The zero-order chi connectivity index (χ0) is 22.6. The lowest BCUT2D eigenvalue weighted by Crippen LogP contribution is -2.47. The van der Waals surface area contributed by atoms with E-state index in [1.807, 2.05) is 13.8 Å². The van der Waals surface area contributed by atoms with Crippen LogP contribution in [0.3, 0.4) is 0 Å². The molecule has 2 aromatic carbocycles. The molecule has 3 rings (SSSR count). The highest BCUT2D eigenvalue weighted by molar-refractivity contribution is 7.89. The maximum Gasteiger partial charge on any atom is 0.243 e. The monoisotopic (exact) mass is 442 g/mol. The fourth-order valence-electron chi connectivity index (χ4n) is 4.46. The summed E-state index contributed by atoms with van der Waals surface area (Å²) in [5.74, 6) is -0.268. The molecule has 0 bridgehead atoms. The van der Waals surface area contributed by atoms with Crippen LogP contribution in [0.2, 0.25) is 0 Å². The molecule has 5 nitrogen and oxygen atoms in total. The summed E-state index contributed by atoms with van der Waals surface area (Å²) < 4.78 is 28.2. The van der Waals surface area contributed by atoms with Gasteiger partial charge < -0.3 is 5.32 Å². The van der Waals surface area contributed by atoms with E-state index in [4.69, 9.17) is 0 Å². The van der Waals surface area contributed by atoms with Crippen molar-refractivity contribution in [3.8, 4) is 0 Å². The van der Waals surface area contributed by atoms with Crippen molar-refractivity contribution >= 4 is 15.9 Å². The van der Waals surface area contributed by atoms with Gasteiger partial charge in [0, 0.05) is 6.04 Å². The van der Waals surface area contributed by atoms with Crippen molar-refractivity contribution < 1.29 is 13.2 Å². The Bertz CT molecular complexity index is 1010. The van der Waals surface area contributed by atoms with Gasteiger partial charge in [0.2, 0.25) is 15.9 Å². The summed E-state index contributed by atoms with van der Waals surface area (Å²) in [5, 5.41) is 3.03. The molecular weight excluding hydrogens is 408 g/mol. The highest BCUT2D eigenvalue weighted by Crippen LogP contribution is 2.28. The number of hydrogen-bond acceptors (Lipinski definition) is 3. The maximum atomic E-state index is 13.4. The number of rotatable bonds is 7. The molecule has 1 aliphatic rings. The zero-order valence-corrected chi connectivity index (χ0v) is 19.8. The highest BCUT2D eigenvalue weighted by Gasteiger charge is 2.34. The molecule has 0 spiro atoms. The molecule has 0 aromatic heterocycles. The molecule has 1 amide bonds. The molecule has 1 aliphatic carbocycles. The molecule has 1 saturated carbocycles. The number of amides is 1. The van der Waals surface area contributed by atoms with Crippen LogP contribution in [0.4, 0.5) is 0 Å². The van der Waals surface area contributed by atoms with E-state index in [1.54, 1.807) is 30.3 Å². The number of nitrogens with one attached hydrogen (secondary N) is 1. The highest BCUT2D eigenvalue weighted by atomic mass is 32.2. The summed E-state index contributed by atoms with van der Waals surface area (Å²) >= 11 is 0. The fraction of sp³-hybridized carbons (Fsp3) is 0.480. The second kappa shape index (κ2) is 9.96. The van der Waals surface area contributed by atoms with Crippen molar-refractivity contribution in [2.24, 2.45) is 0 Å². The van der Waals surface area contributed by atoms with Gasteiger partial charge in [0.25, 0.3) is 0 Å². The summed E-state index contributed by atoms with van der Waals surface area (Å²) in [5.41, 5.74) is 4.58. The normalized spacial score (nSPS) is 16.3. The molecular formula is C25H34N2O3S. The minimum atomic E-state index is -3.74. The lowest BCUT2D eigenvalue weighted by molar-refractivity contribution is -0.122. The minimum Gasteiger partial charge on any atom is -0.348 e. The Hall–Kier alpha value is -2.18. The Labute approximate surface area is 186 Å². The summed E-state index contributed by atoms with van der Waals surface area (Å²) in [7, 11) is -3.74. The fourth-order valence-corrected chi connectivity index (χ4v) is 6.13. The predicted octanol–water partition coefficient (Wildman–Crippen LogP) is 4.81. The van der Waals surface area contributed by atoms with Crippen LogP contribution in [0.15, 0.2) is 47.4 Å². The third kappa shape index (κ3) is 5.55. The van der Waals surface area contributed by atoms with Crippen LogP contribution in [0.25, 0.3) is 0 Å². The van der Waals surface area contributed by atoms with Gasteiger partial charge in [0.1, 0.15) is 0 Å². The van der Waals surface area contributed by atoms with Gasteiger partial charge in [-0.1, -0.05) is 49.6 Å². The molecule has 31 heavy (non-hydrogen) atoms. The Balaban J connectivity index is 1.81. The van der Waals surface area contributed by atoms with Crippen LogP contribution in [-0.2, 0) is 14.8 Å². The van der Waals surface area contributed by atoms with Crippen molar-refractivity contribution in [2.75, 3.05) is 6.54 Å². The number of hydrogen-bond donors (Lipinski definition) is 1. The predicted molar refractivity (Wildman–Crippen MR) is 124 cm³/mol. The number of carbonyl (C=O) groups excluding carboxylic acids is 1. The number of aryl methyl sites for hydroxylation is 3. The van der Waals surface area contributed by atoms with Gasteiger partial charge >= 0.3 is 0 Å². The number of nitrogens with zero attached hydrogens (tertiary/aromatic N) is 1. The number of benzene rings is 2.